The third-order valence-corrected chi connectivity index (χ3v) is 4.04. The van der Waals surface area contributed by atoms with Crippen LogP contribution in [0.15, 0.2) is 12.1 Å². The van der Waals surface area contributed by atoms with Crippen molar-refractivity contribution < 1.29 is 4.39 Å². The molecule has 0 saturated heterocycles. The Morgan fingerprint density at radius 2 is 1.95 bits per heavy atom. The summed E-state index contributed by atoms with van der Waals surface area (Å²) in [6, 6.07) is 4.09. The molecule has 0 spiro atoms. The number of benzene rings is 1. The molecule has 0 bridgehead atoms. The van der Waals surface area contributed by atoms with E-state index in [1.54, 1.807) is 6.07 Å². The third-order valence-electron chi connectivity index (χ3n) is 4.04. The van der Waals surface area contributed by atoms with E-state index in [2.05, 4.69) is 18.7 Å². The highest BCUT2D eigenvalue weighted by Crippen LogP contribution is 2.37. The Morgan fingerprint density at radius 1 is 1.30 bits per heavy atom. The van der Waals surface area contributed by atoms with Gasteiger partial charge in [0.15, 0.2) is 0 Å². The van der Waals surface area contributed by atoms with Gasteiger partial charge >= 0.3 is 0 Å². The van der Waals surface area contributed by atoms with E-state index in [-0.39, 0.29) is 11.9 Å². The van der Waals surface area contributed by atoms with Gasteiger partial charge in [-0.25, -0.2) is 4.39 Å². The number of nitrogens with zero attached hydrogens (tertiary/aromatic N) is 1. The summed E-state index contributed by atoms with van der Waals surface area (Å²) in [7, 11) is 0. The van der Waals surface area contributed by atoms with E-state index in [0.717, 1.165) is 24.2 Å². The maximum absolute atomic E-state index is 13.8. The topological polar surface area (TPSA) is 29.3 Å². The smallest absolute Gasteiger partial charge is 0.126 e. The van der Waals surface area contributed by atoms with E-state index in [1.165, 1.54) is 12.8 Å². The summed E-state index contributed by atoms with van der Waals surface area (Å²) < 4.78 is 13.8. The molecule has 0 amide bonds. The van der Waals surface area contributed by atoms with Crippen LogP contribution in [0.5, 0.6) is 0 Å². The van der Waals surface area contributed by atoms with E-state index >= 15 is 0 Å². The zero-order chi connectivity index (χ0) is 14.9. The predicted octanol–water partition coefficient (Wildman–Crippen LogP) is 4.17. The molecule has 0 heterocycles. The second-order valence-corrected chi connectivity index (χ2v) is 6.56. The average Bonchev–Trinajstić information content (AvgIpc) is 3.17. The van der Waals surface area contributed by atoms with Crippen LogP contribution in [-0.2, 0) is 0 Å². The van der Waals surface area contributed by atoms with Gasteiger partial charge in [0.05, 0.1) is 0 Å². The van der Waals surface area contributed by atoms with Crippen molar-refractivity contribution in [2.75, 3.05) is 11.4 Å². The van der Waals surface area contributed by atoms with Crippen LogP contribution >= 0.6 is 0 Å². The number of halogens is 1. The van der Waals surface area contributed by atoms with Crippen LogP contribution in [0.4, 0.5) is 10.1 Å². The van der Waals surface area contributed by atoms with E-state index in [1.807, 2.05) is 19.9 Å². The van der Waals surface area contributed by atoms with Crippen LogP contribution in [0.2, 0.25) is 0 Å². The fourth-order valence-corrected chi connectivity index (χ4v) is 2.58. The molecule has 0 aromatic heterocycles. The third kappa shape index (κ3) is 3.51. The minimum atomic E-state index is -0.152. The van der Waals surface area contributed by atoms with Gasteiger partial charge in [-0.15, -0.1) is 0 Å². The van der Waals surface area contributed by atoms with Gasteiger partial charge in [0, 0.05) is 24.3 Å². The average molecular weight is 278 g/mol. The summed E-state index contributed by atoms with van der Waals surface area (Å²) in [5.41, 5.74) is 8.84. The maximum Gasteiger partial charge on any atom is 0.126 e. The molecule has 1 saturated carbocycles. The number of rotatable bonds is 6. The van der Waals surface area contributed by atoms with Crippen molar-refractivity contribution in [1.29, 1.82) is 0 Å². The van der Waals surface area contributed by atoms with Gasteiger partial charge in [0.2, 0.25) is 0 Å². The van der Waals surface area contributed by atoms with Crippen molar-refractivity contribution in [2.45, 2.75) is 59.0 Å². The maximum atomic E-state index is 13.8. The Morgan fingerprint density at radius 3 is 2.45 bits per heavy atom. The molecular formula is C17H27FN2. The standard InChI is InChI=1S/C17H27FN2/c1-11(2)7-8-20(14-5-6-14)17-9-12(3)16(18)10-15(17)13(4)19/h9-11,13-14H,5-8,19H2,1-4H3/t13-/m0/s1. The van der Waals surface area contributed by atoms with Crippen LogP contribution in [-0.4, -0.2) is 12.6 Å². The molecule has 3 heteroatoms. The predicted molar refractivity (Wildman–Crippen MR) is 83.6 cm³/mol. The largest absolute Gasteiger partial charge is 0.368 e. The minimum absolute atomic E-state index is 0.139. The van der Waals surface area contributed by atoms with Crippen LogP contribution in [0.25, 0.3) is 0 Å². The molecule has 2 rings (SSSR count). The molecule has 1 aliphatic rings. The van der Waals surface area contributed by atoms with Gasteiger partial charge in [-0.3, -0.25) is 0 Å². The SMILES string of the molecule is Cc1cc(N(CCC(C)C)C2CC2)c([C@H](C)N)cc1F. The number of hydrogen-bond acceptors (Lipinski definition) is 2. The summed E-state index contributed by atoms with van der Waals surface area (Å²) in [6.45, 7) is 9.28. The van der Waals surface area contributed by atoms with Gasteiger partial charge in [-0.2, -0.15) is 0 Å². The lowest BCUT2D eigenvalue weighted by molar-refractivity contribution is 0.567. The molecule has 1 aromatic rings. The first-order valence-corrected chi connectivity index (χ1v) is 7.72. The summed E-state index contributed by atoms with van der Waals surface area (Å²) in [4.78, 5) is 2.45. The van der Waals surface area contributed by atoms with Crippen molar-refractivity contribution in [2.24, 2.45) is 11.7 Å². The zero-order valence-electron chi connectivity index (χ0n) is 13.1. The molecule has 2 nitrogen and oxygen atoms in total. The highest BCUT2D eigenvalue weighted by atomic mass is 19.1. The Balaban J connectivity index is 2.33. The van der Waals surface area contributed by atoms with Crippen LogP contribution < -0.4 is 10.6 Å². The second-order valence-electron chi connectivity index (χ2n) is 6.56. The first kappa shape index (κ1) is 15.3. The summed E-state index contributed by atoms with van der Waals surface area (Å²) in [5.74, 6) is 0.525. The minimum Gasteiger partial charge on any atom is -0.368 e. The highest BCUT2D eigenvalue weighted by molar-refractivity contribution is 5.58. The second kappa shape index (κ2) is 6.13. The van der Waals surface area contributed by atoms with Crippen molar-refractivity contribution in [3.05, 3.63) is 29.1 Å². The van der Waals surface area contributed by atoms with Crippen molar-refractivity contribution in [1.82, 2.24) is 0 Å². The number of anilines is 1. The fourth-order valence-electron chi connectivity index (χ4n) is 2.58. The first-order chi connectivity index (χ1) is 9.40. The molecule has 0 radical (unpaired) electrons. The van der Waals surface area contributed by atoms with Crippen LogP contribution in [0, 0.1) is 18.7 Å². The van der Waals surface area contributed by atoms with Gasteiger partial charge in [0.1, 0.15) is 5.82 Å². The van der Waals surface area contributed by atoms with Gasteiger partial charge < -0.3 is 10.6 Å². The first-order valence-electron chi connectivity index (χ1n) is 7.72. The highest BCUT2D eigenvalue weighted by Gasteiger charge is 2.31. The molecule has 1 aromatic carbocycles. The van der Waals surface area contributed by atoms with Gasteiger partial charge in [0.25, 0.3) is 0 Å². The Bertz CT molecular complexity index is 464. The molecule has 20 heavy (non-hydrogen) atoms. The Hall–Kier alpha value is -1.09. The summed E-state index contributed by atoms with van der Waals surface area (Å²) in [5, 5.41) is 0. The molecular weight excluding hydrogens is 251 g/mol. The lowest BCUT2D eigenvalue weighted by atomic mass is 10.0. The van der Waals surface area contributed by atoms with E-state index in [4.69, 9.17) is 5.73 Å². The number of nitrogens with two attached hydrogens (primary N) is 1. The molecule has 0 unspecified atom stereocenters. The quantitative estimate of drug-likeness (QED) is 0.846. The van der Waals surface area contributed by atoms with E-state index in [9.17, 15) is 4.39 Å². The Labute approximate surface area is 122 Å². The molecule has 0 aliphatic heterocycles. The van der Waals surface area contributed by atoms with E-state index in [0.29, 0.717) is 17.5 Å². The summed E-state index contributed by atoms with van der Waals surface area (Å²) >= 11 is 0. The lowest BCUT2D eigenvalue weighted by Crippen LogP contribution is -2.30. The molecule has 1 aliphatic carbocycles. The molecule has 2 N–H and O–H groups in total. The normalized spacial score (nSPS) is 16.6. The van der Waals surface area contributed by atoms with Crippen molar-refractivity contribution >= 4 is 5.69 Å². The summed E-state index contributed by atoms with van der Waals surface area (Å²) in [6.07, 6.45) is 3.64. The monoisotopic (exact) mass is 278 g/mol. The van der Waals surface area contributed by atoms with Gasteiger partial charge in [-0.1, -0.05) is 13.8 Å². The van der Waals surface area contributed by atoms with Crippen molar-refractivity contribution in [3.63, 3.8) is 0 Å². The number of hydrogen-bond donors (Lipinski definition) is 1. The lowest BCUT2D eigenvalue weighted by Gasteiger charge is -2.29. The van der Waals surface area contributed by atoms with E-state index < -0.39 is 0 Å². The molecule has 1 atom stereocenters. The Kier molecular flexibility index (Phi) is 4.69. The molecule has 112 valence electrons. The van der Waals surface area contributed by atoms with Gasteiger partial charge in [-0.05, 0) is 62.3 Å². The fraction of sp³-hybridized carbons (Fsp3) is 0.647. The van der Waals surface area contributed by atoms with Crippen LogP contribution in [0.1, 0.15) is 57.2 Å². The zero-order valence-corrected chi connectivity index (χ0v) is 13.1. The van der Waals surface area contributed by atoms with Crippen LogP contribution in [0.3, 0.4) is 0 Å². The van der Waals surface area contributed by atoms with Crippen molar-refractivity contribution in [3.8, 4) is 0 Å². The number of aryl methyl sites for hydroxylation is 1. The molecule has 1 fully saturated rings.